The number of β-amino-alcohol motifs (C(OH)–C–C–N with tert-alkyl or cyclic N) is 1. The minimum absolute atomic E-state index is 0.0242. The Hall–Kier alpha value is -2.38. The number of ether oxygens (including phenoxy) is 2. The Morgan fingerprint density at radius 1 is 1.26 bits per heavy atom. The smallest absolute Gasteiger partial charge is 0.262 e. The van der Waals surface area contributed by atoms with E-state index in [1.165, 1.54) is 29.0 Å². The highest BCUT2D eigenvalue weighted by molar-refractivity contribution is 7.89. The van der Waals surface area contributed by atoms with Gasteiger partial charge in [-0.1, -0.05) is 12.1 Å². The highest BCUT2D eigenvalue weighted by Crippen LogP contribution is 2.31. The third kappa shape index (κ3) is 5.81. The number of rotatable bonds is 6. The van der Waals surface area contributed by atoms with E-state index >= 15 is 0 Å². The molecule has 10 nitrogen and oxygen atoms in total. The molecule has 1 aromatic carbocycles. The van der Waals surface area contributed by atoms with E-state index in [-0.39, 0.29) is 49.5 Å². The van der Waals surface area contributed by atoms with Crippen molar-refractivity contribution in [2.24, 2.45) is 7.05 Å². The molecule has 0 saturated carbocycles. The normalized spacial score (nSPS) is 26.3. The molecular weight excluding hydrogens is 467 g/mol. The van der Waals surface area contributed by atoms with Crippen LogP contribution in [0.1, 0.15) is 24.8 Å². The fraction of sp³-hybridized carbons (Fsp3) is 0.545. The van der Waals surface area contributed by atoms with Crippen LogP contribution in [-0.4, -0.2) is 77.4 Å². The number of benzene rings is 1. The van der Waals surface area contributed by atoms with Gasteiger partial charge in [0.15, 0.2) is 5.03 Å². The number of amides is 1. The van der Waals surface area contributed by atoms with Crippen LogP contribution in [0.5, 0.6) is 0 Å². The highest BCUT2D eigenvalue weighted by atomic mass is 32.2. The maximum absolute atomic E-state index is 13.3. The van der Waals surface area contributed by atoms with E-state index in [2.05, 4.69) is 10.3 Å². The molecule has 2 aliphatic heterocycles. The molecule has 34 heavy (non-hydrogen) atoms. The number of carbonyl (C=O) groups is 1. The van der Waals surface area contributed by atoms with E-state index in [4.69, 9.17) is 9.47 Å². The maximum Gasteiger partial charge on any atom is 0.262 e. The largest absolute Gasteiger partial charge is 0.389 e. The number of hydrogen-bond donors (Lipinski definition) is 2. The first-order valence-electron chi connectivity index (χ1n) is 11.1. The van der Waals surface area contributed by atoms with Gasteiger partial charge < -0.3 is 24.5 Å². The fourth-order valence-electron chi connectivity index (χ4n) is 4.29. The minimum Gasteiger partial charge on any atom is -0.389 e. The van der Waals surface area contributed by atoms with Crippen LogP contribution in [0, 0.1) is 5.82 Å². The lowest BCUT2D eigenvalue weighted by Crippen LogP contribution is -2.57. The molecule has 2 fully saturated rings. The summed E-state index contributed by atoms with van der Waals surface area (Å²) in [6.07, 6.45) is 1.89. The van der Waals surface area contributed by atoms with Crippen molar-refractivity contribution in [2.75, 3.05) is 19.8 Å². The number of nitrogens with one attached hydrogen (secondary N) is 1. The van der Waals surface area contributed by atoms with E-state index < -0.39 is 34.4 Å². The van der Waals surface area contributed by atoms with Crippen molar-refractivity contribution in [3.05, 3.63) is 48.2 Å². The third-order valence-corrected chi connectivity index (χ3v) is 7.78. The van der Waals surface area contributed by atoms with Gasteiger partial charge in [0, 0.05) is 26.3 Å². The minimum atomic E-state index is -3.97. The standard InChI is InChI=1S/C22H29FN4O6S/c1-26-11-22(25-14-26)34(30,31)27-10-17(28)12-32-13-20-19(27)7-6-18(33-20)8-21(29)24-9-15-2-4-16(23)5-3-15/h2-5,11,14,17-20,28H,6-10,12-13H2,1H3,(H,24,29)/t17-,18+,19+,20-/m1/s1. The summed E-state index contributed by atoms with van der Waals surface area (Å²) in [6.45, 7) is 0.217. The van der Waals surface area contributed by atoms with Gasteiger partial charge in [-0.2, -0.15) is 4.31 Å². The number of fused-ring (bicyclic) bond motifs is 1. The van der Waals surface area contributed by atoms with E-state index in [0.717, 1.165) is 5.56 Å². The van der Waals surface area contributed by atoms with E-state index in [1.807, 2.05) is 0 Å². The Kier molecular flexibility index (Phi) is 7.63. The number of carbonyl (C=O) groups excluding carboxylic acids is 1. The summed E-state index contributed by atoms with van der Waals surface area (Å²) in [4.78, 5) is 16.4. The van der Waals surface area contributed by atoms with Crippen molar-refractivity contribution in [2.45, 2.75) is 55.2 Å². The summed E-state index contributed by atoms with van der Waals surface area (Å²) in [6, 6.07) is 5.33. The zero-order chi connectivity index (χ0) is 24.3. The van der Waals surface area contributed by atoms with Gasteiger partial charge >= 0.3 is 0 Å². The third-order valence-electron chi connectivity index (χ3n) is 6.00. The number of aromatic nitrogens is 2. The highest BCUT2D eigenvalue weighted by Gasteiger charge is 2.43. The van der Waals surface area contributed by atoms with Crippen LogP contribution in [0.25, 0.3) is 0 Å². The van der Waals surface area contributed by atoms with Gasteiger partial charge in [-0.3, -0.25) is 4.79 Å². The second kappa shape index (κ2) is 10.5. The SMILES string of the molecule is Cn1cnc(S(=O)(=O)N2C[C@@H](O)COC[C@H]3O[C@H](CC(=O)NCc4ccc(F)cc4)CC[C@@H]32)c1. The molecule has 0 unspecified atom stereocenters. The van der Waals surface area contributed by atoms with Crippen molar-refractivity contribution in [3.8, 4) is 0 Å². The Balaban J connectivity index is 1.41. The van der Waals surface area contributed by atoms with Crippen LogP contribution < -0.4 is 5.32 Å². The molecule has 1 amide bonds. The molecule has 3 heterocycles. The van der Waals surface area contributed by atoms with E-state index in [9.17, 15) is 22.7 Å². The van der Waals surface area contributed by atoms with Crippen molar-refractivity contribution in [1.82, 2.24) is 19.2 Å². The Morgan fingerprint density at radius 2 is 2.03 bits per heavy atom. The molecule has 12 heteroatoms. The zero-order valence-corrected chi connectivity index (χ0v) is 19.7. The van der Waals surface area contributed by atoms with Gasteiger partial charge in [-0.05, 0) is 30.5 Å². The molecule has 0 bridgehead atoms. The van der Waals surface area contributed by atoms with Gasteiger partial charge in [0.2, 0.25) is 5.91 Å². The van der Waals surface area contributed by atoms with Gasteiger partial charge in [-0.15, -0.1) is 0 Å². The fourth-order valence-corrected chi connectivity index (χ4v) is 5.98. The molecule has 2 saturated heterocycles. The summed E-state index contributed by atoms with van der Waals surface area (Å²) >= 11 is 0. The summed E-state index contributed by atoms with van der Waals surface area (Å²) in [7, 11) is -2.29. The van der Waals surface area contributed by atoms with Gasteiger partial charge in [0.1, 0.15) is 5.82 Å². The first kappa shape index (κ1) is 24.7. The van der Waals surface area contributed by atoms with Crippen molar-refractivity contribution in [3.63, 3.8) is 0 Å². The topological polar surface area (TPSA) is 123 Å². The lowest BCUT2D eigenvalue weighted by molar-refractivity contribution is -0.146. The first-order valence-corrected chi connectivity index (χ1v) is 12.6. The average molecular weight is 497 g/mol. The number of imidazole rings is 1. The summed E-state index contributed by atoms with van der Waals surface area (Å²) in [5.41, 5.74) is 0.779. The molecule has 1 aromatic heterocycles. The number of hydrogen-bond acceptors (Lipinski definition) is 7. The molecule has 2 aromatic rings. The Labute approximate surface area is 197 Å². The summed E-state index contributed by atoms with van der Waals surface area (Å²) in [5.74, 6) is -0.554. The second-order valence-electron chi connectivity index (χ2n) is 8.69. The lowest BCUT2D eigenvalue weighted by atomic mass is 9.96. The predicted octanol–water partition coefficient (Wildman–Crippen LogP) is 0.564. The molecule has 0 radical (unpaired) electrons. The number of aliphatic hydroxyl groups is 1. The van der Waals surface area contributed by atoms with Crippen LogP contribution in [0.4, 0.5) is 4.39 Å². The monoisotopic (exact) mass is 496 g/mol. The average Bonchev–Trinajstić information content (AvgIpc) is 3.23. The summed E-state index contributed by atoms with van der Waals surface area (Å²) in [5, 5.41) is 13.0. The van der Waals surface area contributed by atoms with Crippen molar-refractivity contribution < 1.29 is 32.2 Å². The molecule has 4 atom stereocenters. The quantitative estimate of drug-likeness (QED) is 0.599. The van der Waals surface area contributed by atoms with Crippen LogP contribution in [-0.2, 0) is 37.9 Å². The van der Waals surface area contributed by atoms with Crippen LogP contribution >= 0.6 is 0 Å². The molecule has 0 aliphatic carbocycles. The number of nitrogens with zero attached hydrogens (tertiary/aromatic N) is 3. The number of aliphatic hydroxyl groups excluding tert-OH is 1. The van der Waals surface area contributed by atoms with Gasteiger partial charge in [0.25, 0.3) is 10.0 Å². The summed E-state index contributed by atoms with van der Waals surface area (Å²) < 4.78 is 54.1. The van der Waals surface area contributed by atoms with Gasteiger partial charge in [0.05, 0.1) is 50.3 Å². The molecule has 2 aliphatic rings. The van der Waals surface area contributed by atoms with Crippen LogP contribution in [0.15, 0.2) is 41.8 Å². The van der Waals surface area contributed by atoms with Crippen LogP contribution in [0.2, 0.25) is 0 Å². The lowest BCUT2D eigenvalue weighted by Gasteiger charge is -2.43. The number of aryl methyl sites for hydroxylation is 1. The molecule has 0 spiro atoms. The second-order valence-corrected chi connectivity index (χ2v) is 10.5. The van der Waals surface area contributed by atoms with Crippen molar-refractivity contribution >= 4 is 15.9 Å². The number of halogens is 1. The molecular formula is C22H29FN4O6S. The van der Waals surface area contributed by atoms with E-state index in [0.29, 0.717) is 12.8 Å². The first-order chi connectivity index (χ1) is 16.2. The predicted molar refractivity (Wildman–Crippen MR) is 118 cm³/mol. The zero-order valence-electron chi connectivity index (χ0n) is 18.8. The molecule has 2 N–H and O–H groups in total. The van der Waals surface area contributed by atoms with Crippen LogP contribution in [0.3, 0.4) is 0 Å². The number of sulfonamides is 1. The van der Waals surface area contributed by atoms with E-state index in [1.54, 1.807) is 23.7 Å². The Morgan fingerprint density at radius 3 is 2.74 bits per heavy atom. The molecule has 4 rings (SSSR count). The maximum atomic E-state index is 13.3. The Bertz CT molecular complexity index is 1090. The molecule has 186 valence electrons. The van der Waals surface area contributed by atoms with Gasteiger partial charge in [-0.25, -0.2) is 17.8 Å². The van der Waals surface area contributed by atoms with Crippen molar-refractivity contribution in [1.29, 1.82) is 0 Å².